The summed E-state index contributed by atoms with van der Waals surface area (Å²) in [5.41, 5.74) is 5.31. The lowest BCUT2D eigenvalue weighted by Crippen LogP contribution is -2.10. The first kappa shape index (κ1) is 10.5. The molecule has 0 unspecified atom stereocenters. The van der Waals surface area contributed by atoms with Crippen molar-refractivity contribution in [3.63, 3.8) is 0 Å². The molecule has 0 bridgehead atoms. The molecule has 0 aliphatic heterocycles. The van der Waals surface area contributed by atoms with Gasteiger partial charge in [-0.1, -0.05) is 30.3 Å². The molecular weight excluding hydrogens is 228 g/mol. The minimum absolute atomic E-state index is 0.463. The fraction of sp³-hybridized carbons (Fsp3) is 0. The van der Waals surface area contributed by atoms with Crippen molar-refractivity contribution in [1.29, 1.82) is 0 Å². The van der Waals surface area contributed by atoms with E-state index in [0.717, 1.165) is 11.3 Å². The molecule has 0 spiro atoms. The summed E-state index contributed by atoms with van der Waals surface area (Å²) in [5.74, 6) is 5.86. The van der Waals surface area contributed by atoms with Crippen molar-refractivity contribution in [2.45, 2.75) is 0 Å². The molecule has 0 aliphatic carbocycles. The highest BCUT2D eigenvalue weighted by atomic mass is 15.3. The second-order valence-corrected chi connectivity index (χ2v) is 3.66. The van der Waals surface area contributed by atoms with Crippen molar-refractivity contribution in [2.75, 3.05) is 5.43 Å². The maximum Gasteiger partial charge on any atom is 0.183 e. The molecule has 2 aromatic heterocycles. The van der Waals surface area contributed by atoms with Crippen LogP contribution in [0.2, 0.25) is 0 Å². The van der Waals surface area contributed by atoms with Gasteiger partial charge >= 0.3 is 0 Å². The van der Waals surface area contributed by atoms with Crippen LogP contribution in [0.15, 0.2) is 42.9 Å². The standard InChI is InChI=1S/C12H10N6/c13-18-12-10-11(15-7-16-12)14-6-9(17-10)8-4-2-1-3-5-8/h1-7H,13H2,(H,14,15,16,18). The van der Waals surface area contributed by atoms with Gasteiger partial charge in [-0.3, -0.25) is 0 Å². The summed E-state index contributed by atoms with van der Waals surface area (Å²) in [7, 11) is 0. The van der Waals surface area contributed by atoms with E-state index in [1.54, 1.807) is 6.20 Å². The molecule has 0 saturated heterocycles. The van der Waals surface area contributed by atoms with Crippen LogP contribution in [-0.4, -0.2) is 19.9 Å². The summed E-state index contributed by atoms with van der Waals surface area (Å²) < 4.78 is 0. The van der Waals surface area contributed by atoms with E-state index in [1.165, 1.54) is 6.33 Å². The predicted octanol–water partition coefficient (Wildman–Crippen LogP) is 1.37. The summed E-state index contributed by atoms with van der Waals surface area (Å²) in [4.78, 5) is 16.8. The van der Waals surface area contributed by atoms with E-state index in [2.05, 4.69) is 25.4 Å². The fourth-order valence-corrected chi connectivity index (χ4v) is 1.69. The van der Waals surface area contributed by atoms with E-state index >= 15 is 0 Å². The highest BCUT2D eigenvalue weighted by Gasteiger charge is 2.07. The third kappa shape index (κ3) is 1.74. The molecule has 0 aliphatic rings. The van der Waals surface area contributed by atoms with Crippen LogP contribution < -0.4 is 11.3 Å². The van der Waals surface area contributed by atoms with Crippen LogP contribution in [0.4, 0.5) is 5.82 Å². The SMILES string of the molecule is NNc1ncnc2ncc(-c3ccccc3)nc12. The van der Waals surface area contributed by atoms with Crippen LogP contribution in [0.5, 0.6) is 0 Å². The molecule has 3 rings (SSSR count). The van der Waals surface area contributed by atoms with E-state index in [-0.39, 0.29) is 0 Å². The number of nitrogens with zero attached hydrogens (tertiary/aromatic N) is 4. The van der Waals surface area contributed by atoms with Gasteiger partial charge in [-0.05, 0) is 0 Å². The second kappa shape index (κ2) is 4.34. The summed E-state index contributed by atoms with van der Waals surface area (Å²) in [6.07, 6.45) is 3.08. The van der Waals surface area contributed by atoms with E-state index in [9.17, 15) is 0 Å². The van der Waals surface area contributed by atoms with Crippen LogP contribution in [0.1, 0.15) is 0 Å². The van der Waals surface area contributed by atoms with Crippen molar-refractivity contribution in [2.24, 2.45) is 5.84 Å². The van der Waals surface area contributed by atoms with Crippen molar-refractivity contribution in [1.82, 2.24) is 19.9 Å². The number of aromatic nitrogens is 4. The number of benzene rings is 1. The molecule has 0 atom stereocenters. The molecule has 18 heavy (non-hydrogen) atoms. The minimum atomic E-state index is 0.463. The highest BCUT2D eigenvalue weighted by molar-refractivity contribution is 5.83. The molecule has 3 N–H and O–H groups in total. The number of fused-ring (bicyclic) bond motifs is 1. The molecule has 6 nitrogen and oxygen atoms in total. The highest BCUT2D eigenvalue weighted by Crippen LogP contribution is 2.20. The van der Waals surface area contributed by atoms with Crippen LogP contribution in [-0.2, 0) is 0 Å². The average Bonchev–Trinajstić information content (AvgIpc) is 2.47. The smallest absolute Gasteiger partial charge is 0.183 e. The molecule has 6 heteroatoms. The molecule has 0 fully saturated rings. The molecule has 0 amide bonds. The van der Waals surface area contributed by atoms with Gasteiger partial charge in [-0.25, -0.2) is 25.8 Å². The summed E-state index contributed by atoms with van der Waals surface area (Å²) in [5, 5.41) is 0. The third-order valence-corrected chi connectivity index (χ3v) is 2.55. The Balaban J connectivity index is 2.22. The van der Waals surface area contributed by atoms with Gasteiger partial charge in [0.05, 0.1) is 11.9 Å². The Morgan fingerprint density at radius 3 is 2.61 bits per heavy atom. The summed E-state index contributed by atoms with van der Waals surface area (Å²) in [6.45, 7) is 0. The van der Waals surface area contributed by atoms with Gasteiger partial charge in [0.1, 0.15) is 6.33 Å². The first-order valence-electron chi connectivity index (χ1n) is 5.38. The lowest BCUT2D eigenvalue weighted by atomic mass is 10.2. The fourth-order valence-electron chi connectivity index (χ4n) is 1.69. The van der Waals surface area contributed by atoms with Gasteiger partial charge in [0.15, 0.2) is 17.0 Å². The normalized spacial score (nSPS) is 10.5. The zero-order chi connectivity index (χ0) is 12.4. The first-order valence-corrected chi connectivity index (χ1v) is 5.38. The van der Waals surface area contributed by atoms with Crippen molar-refractivity contribution in [3.05, 3.63) is 42.9 Å². The minimum Gasteiger partial charge on any atom is -0.306 e. The molecule has 2 heterocycles. The maximum atomic E-state index is 5.40. The Bertz CT molecular complexity index is 682. The van der Waals surface area contributed by atoms with E-state index in [0.29, 0.717) is 17.0 Å². The molecule has 1 aromatic carbocycles. The molecule has 3 aromatic rings. The number of hydrazine groups is 1. The summed E-state index contributed by atoms with van der Waals surface area (Å²) in [6, 6.07) is 9.79. The van der Waals surface area contributed by atoms with E-state index < -0.39 is 0 Å². The molecule has 0 radical (unpaired) electrons. The van der Waals surface area contributed by atoms with E-state index in [4.69, 9.17) is 5.84 Å². The van der Waals surface area contributed by atoms with Crippen LogP contribution in [0.3, 0.4) is 0 Å². The number of rotatable bonds is 2. The zero-order valence-electron chi connectivity index (χ0n) is 9.41. The van der Waals surface area contributed by atoms with Crippen molar-refractivity contribution in [3.8, 4) is 11.3 Å². The number of nitrogens with two attached hydrogens (primary N) is 1. The Hall–Kier alpha value is -2.60. The Labute approximate surface area is 103 Å². The van der Waals surface area contributed by atoms with E-state index in [1.807, 2.05) is 30.3 Å². The largest absolute Gasteiger partial charge is 0.306 e. The van der Waals surface area contributed by atoms with Crippen molar-refractivity contribution < 1.29 is 0 Å². The lowest BCUT2D eigenvalue weighted by Gasteiger charge is -2.04. The maximum absolute atomic E-state index is 5.40. The second-order valence-electron chi connectivity index (χ2n) is 3.66. The number of anilines is 1. The molecular formula is C12H10N6. The van der Waals surface area contributed by atoms with Gasteiger partial charge in [-0.2, -0.15) is 0 Å². The van der Waals surface area contributed by atoms with Crippen LogP contribution in [0.25, 0.3) is 22.4 Å². The van der Waals surface area contributed by atoms with Gasteiger partial charge < -0.3 is 5.43 Å². The lowest BCUT2D eigenvalue weighted by molar-refractivity contribution is 1.13. The monoisotopic (exact) mass is 238 g/mol. The topological polar surface area (TPSA) is 89.6 Å². The number of nitrogens with one attached hydrogen (secondary N) is 1. The van der Waals surface area contributed by atoms with Gasteiger partial charge in [0.25, 0.3) is 0 Å². The van der Waals surface area contributed by atoms with Gasteiger partial charge in [0.2, 0.25) is 0 Å². The number of hydrogen-bond acceptors (Lipinski definition) is 6. The average molecular weight is 238 g/mol. The first-order chi connectivity index (χ1) is 8.88. The number of hydrogen-bond donors (Lipinski definition) is 2. The summed E-state index contributed by atoms with van der Waals surface area (Å²) >= 11 is 0. The quantitative estimate of drug-likeness (QED) is 0.517. The zero-order valence-corrected chi connectivity index (χ0v) is 9.41. The van der Waals surface area contributed by atoms with Crippen LogP contribution >= 0.6 is 0 Å². The Morgan fingerprint density at radius 1 is 1.00 bits per heavy atom. The van der Waals surface area contributed by atoms with Crippen molar-refractivity contribution >= 4 is 17.0 Å². The molecule has 88 valence electrons. The predicted molar refractivity (Wildman–Crippen MR) is 68.4 cm³/mol. The third-order valence-electron chi connectivity index (χ3n) is 2.55. The Morgan fingerprint density at radius 2 is 1.83 bits per heavy atom. The van der Waals surface area contributed by atoms with Gasteiger partial charge in [0, 0.05) is 5.56 Å². The van der Waals surface area contributed by atoms with Gasteiger partial charge in [-0.15, -0.1) is 0 Å². The molecule has 0 saturated carbocycles. The Kier molecular flexibility index (Phi) is 2.54. The van der Waals surface area contributed by atoms with Crippen LogP contribution in [0, 0.1) is 0 Å². The number of nitrogen functional groups attached to an aromatic ring is 1.